The zero-order valence-electron chi connectivity index (χ0n) is 13.9. The van der Waals surface area contributed by atoms with Gasteiger partial charge < -0.3 is 0 Å². The highest BCUT2D eigenvalue weighted by atomic mass is 32.2. The highest BCUT2D eigenvalue weighted by Gasteiger charge is 2.33. The lowest BCUT2D eigenvalue weighted by molar-refractivity contribution is 0.0875. The quantitative estimate of drug-likeness (QED) is 0.773. The van der Waals surface area contributed by atoms with Crippen LogP contribution in [0.4, 0.5) is 4.39 Å². The van der Waals surface area contributed by atoms with Gasteiger partial charge in [0.25, 0.3) is 0 Å². The van der Waals surface area contributed by atoms with Crippen LogP contribution in [0.2, 0.25) is 0 Å². The number of ketones is 1. The number of piperidine rings is 1. The normalized spacial score (nSPS) is 16.2. The third kappa shape index (κ3) is 3.52. The summed E-state index contributed by atoms with van der Waals surface area (Å²) in [6.45, 7) is 0.416. The molecule has 134 valence electrons. The number of hydrogen-bond donors (Lipinski definition) is 0. The molecule has 0 saturated carbocycles. The molecule has 7 heteroatoms. The number of carbonyl (C=O) groups is 1. The SMILES string of the molecule is N#Cc1ccccc1S(=O)(=O)N1CCC(C(=O)c2ccc(F)cc2)CC1. The van der Waals surface area contributed by atoms with E-state index in [-0.39, 0.29) is 35.2 Å². The van der Waals surface area contributed by atoms with E-state index >= 15 is 0 Å². The van der Waals surface area contributed by atoms with Crippen LogP contribution in [-0.2, 0) is 10.0 Å². The predicted molar refractivity (Wildman–Crippen MR) is 93.4 cm³/mol. The summed E-state index contributed by atoms with van der Waals surface area (Å²) in [7, 11) is -3.77. The number of nitriles is 1. The van der Waals surface area contributed by atoms with Crippen molar-refractivity contribution in [1.82, 2.24) is 4.31 Å². The van der Waals surface area contributed by atoms with Crippen molar-refractivity contribution < 1.29 is 17.6 Å². The molecule has 1 aliphatic rings. The van der Waals surface area contributed by atoms with Crippen LogP contribution < -0.4 is 0 Å². The number of Topliss-reactive ketones (excluding diaryl/α,β-unsaturated/α-hetero) is 1. The van der Waals surface area contributed by atoms with E-state index in [9.17, 15) is 17.6 Å². The maximum Gasteiger partial charge on any atom is 0.244 e. The molecule has 0 radical (unpaired) electrons. The third-order valence-electron chi connectivity index (χ3n) is 4.58. The molecular weight excluding hydrogens is 355 g/mol. The second-order valence-electron chi connectivity index (χ2n) is 6.16. The summed E-state index contributed by atoms with van der Waals surface area (Å²) in [5.74, 6) is -0.795. The molecule has 0 aliphatic carbocycles. The predicted octanol–water partition coefficient (Wildman–Crippen LogP) is 2.98. The van der Waals surface area contributed by atoms with Crippen molar-refractivity contribution in [2.75, 3.05) is 13.1 Å². The average molecular weight is 372 g/mol. The molecule has 0 atom stereocenters. The number of sulfonamides is 1. The monoisotopic (exact) mass is 372 g/mol. The Bertz CT molecular complexity index is 957. The number of halogens is 1. The molecule has 5 nitrogen and oxygen atoms in total. The van der Waals surface area contributed by atoms with Gasteiger partial charge in [0.1, 0.15) is 11.9 Å². The van der Waals surface area contributed by atoms with Crippen LogP contribution in [0.3, 0.4) is 0 Å². The fourth-order valence-corrected chi connectivity index (χ4v) is 4.74. The Morgan fingerprint density at radius 2 is 1.69 bits per heavy atom. The topological polar surface area (TPSA) is 78.2 Å². The third-order valence-corrected chi connectivity index (χ3v) is 6.54. The van der Waals surface area contributed by atoms with E-state index in [1.54, 1.807) is 12.1 Å². The fraction of sp³-hybridized carbons (Fsp3) is 0.263. The minimum absolute atomic E-state index is 0.00851. The van der Waals surface area contributed by atoms with Gasteiger partial charge in [-0.15, -0.1) is 0 Å². The van der Waals surface area contributed by atoms with Gasteiger partial charge in [-0.25, -0.2) is 12.8 Å². The Hall–Kier alpha value is -2.56. The van der Waals surface area contributed by atoms with Crippen LogP contribution in [0.25, 0.3) is 0 Å². The fourth-order valence-electron chi connectivity index (χ4n) is 3.13. The van der Waals surface area contributed by atoms with Crippen LogP contribution in [-0.4, -0.2) is 31.6 Å². The van der Waals surface area contributed by atoms with Crippen molar-refractivity contribution in [2.45, 2.75) is 17.7 Å². The van der Waals surface area contributed by atoms with Gasteiger partial charge in [0, 0.05) is 24.6 Å². The first-order chi connectivity index (χ1) is 12.4. The lowest BCUT2D eigenvalue weighted by Crippen LogP contribution is -2.40. The molecule has 0 aromatic heterocycles. The Labute approximate surface area is 151 Å². The molecule has 0 unspecified atom stereocenters. The molecule has 26 heavy (non-hydrogen) atoms. The van der Waals surface area contributed by atoms with Crippen molar-refractivity contribution in [3.63, 3.8) is 0 Å². The zero-order valence-corrected chi connectivity index (χ0v) is 14.7. The van der Waals surface area contributed by atoms with Gasteiger partial charge in [0.05, 0.1) is 10.5 Å². The van der Waals surface area contributed by atoms with E-state index in [1.807, 2.05) is 6.07 Å². The molecule has 0 N–H and O–H groups in total. The maximum atomic E-state index is 13.0. The van der Waals surface area contributed by atoms with Crippen LogP contribution in [0.1, 0.15) is 28.8 Å². The van der Waals surface area contributed by atoms with Crippen LogP contribution in [0.5, 0.6) is 0 Å². The zero-order chi connectivity index (χ0) is 18.7. The van der Waals surface area contributed by atoms with Crippen molar-refractivity contribution in [2.24, 2.45) is 5.92 Å². The van der Waals surface area contributed by atoms with E-state index in [4.69, 9.17) is 5.26 Å². The van der Waals surface area contributed by atoms with E-state index in [0.29, 0.717) is 18.4 Å². The van der Waals surface area contributed by atoms with Gasteiger partial charge in [0.2, 0.25) is 10.0 Å². The summed E-state index contributed by atoms with van der Waals surface area (Å²) in [5.41, 5.74) is 0.541. The Morgan fingerprint density at radius 1 is 1.08 bits per heavy atom. The van der Waals surface area contributed by atoms with Gasteiger partial charge >= 0.3 is 0 Å². The van der Waals surface area contributed by atoms with Crippen molar-refractivity contribution in [3.8, 4) is 6.07 Å². The van der Waals surface area contributed by atoms with Gasteiger partial charge in [-0.1, -0.05) is 12.1 Å². The highest BCUT2D eigenvalue weighted by molar-refractivity contribution is 7.89. The highest BCUT2D eigenvalue weighted by Crippen LogP contribution is 2.27. The number of benzene rings is 2. The van der Waals surface area contributed by atoms with E-state index in [1.165, 1.54) is 40.7 Å². The standard InChI is InChI=1S/C19H17FN2O3S/c20-17-7-5-14(6-8-17)19(23)15-9-11-22(12-10-15)26(24,25)18-4-2-1-3-16(18)13-21/h1-8,15H,9-12H2. The molecule has 0 amide bonds. The van der Waals surface area contributed by atoms with Crippen molar-refractivity contribution in [3.05, 3.63) is 65.5 Å². The molecule has 2 aromatic carbocycles. The Morgan fingerprint density at radius 3 is 2.31 bits per heavy atom. The first-order valence-corrected chi connectivity index (χ1v) is 9.66. The van der Waals surface area contributed by atoms with E-state index in [0.717, 1.165) is 0 Å². The summed E-state index contributed by atoms with van der Waals surface area (Å²) in [5, 5.41) is 9.14. The minimum Gasteiger partial charge on any atom is -0.294 e. The summed E-state index contributed by atoms with van der Waals surface area (Å²) in [4.78, 5) is 12.5. The van der Waals surface area contributed by atoms with Crippen molar-refractivity contribution >= 4 is 15.8 Å². The van der Waals surface area contributed by atoms with Crippen LogP contribution in [0.15, 0.2) is 53.4 Å². The van der Waals surface area contributed by atoms with Crippen molar-refractivity contribution in [1.29, 1.82) is 5.26 Å². The largest absolute Gasteiger partial charge is 0.294 e. The summed E-state index contributed by atoms with van der Waals surface area (Å²) < 4.78 is 39.9. The first kappa shape index (κ1) is 18.2. The summed E-state index contributed by atoms with van der Waals surface area (Å²) >= 11 is 0. The number of rotatable bonds is 4. The average Bonchev–Trinajstić information content (AvgIpc) is 2.68. The number of hydrogen-bond acceptors (Lipinski definition) is 4. The molecular formula is C19H17FN2O3S. The van der Waals surface area contributed by atoms with Gasteiger partial charge in [-0.2, -0.15) is 9.57 Å². The van der Waals surface area contributed by atoms with E-state index in [2.05, 4.69) is 0 Å². The maximum absolute atomic E-state index is 13.0. The van der Waals surface area contributed by atoms with Gasteiger partial charge in [0.15, 0.2) is 5.78 Å². The second-order valence-corrected chi connectivity index (χ2v) is 8.06. The second kappa shape index (κ2) is 7.36. The van der Waals surface area contributed by atoms with Gasteiger partial charge in [-0.05, 0) is 49.2 Å². The Kier molecular flexibility index (Phi) is 5.16. The molecule has 3 rings (SSSR count). The number of carbonyl (C=O) groups excluding carboxylic acids is 1. The minimum atomic E-state index is -3.77. The van der Waals surface area contributed by atoms with E-state index < -0.39 is 15.8 Å². The molecule has 1 fully saturated rings. The smallest absolute Gasteiger partial charge is 0.244 e. The van der Waals surface area contributed by atoms with Crippen LogP contribution in [0, 0.1) is 23.1 Å². The molecule has 1 aliphatic heterocycles. The Balaban J connectivity index is 1.73. The molecule has 1 saturated heterocycles. The van der Waals surface area contributed by atoms with Crippen LogP contribution >= 0.6 is 0 Å². The molecule has 0 bridgehead atoms. The molecule has 1 heterocycles. The molecule has 2 aromatic rings. The number of nitrogens with zero attached hydrogens (tertiary/aromatic N) is 2. The lowest BCUT2D eigenvalue weighted by atomic mass is 9.90. The summed E-state index contributed by atoms with van der Waals surface area (Å²) in [6, 6.07) is 13.4. The lowest BCUT2D eigenvalue weighted by Gasteiger charge is -2.30. The van der Waals surface area contributed by atoms with Gasteiger partial charge in [-0.3, -0.25) is 4.79 Å². The molecule has 0 spiro atoms. The first-order valence-electron chi connectivity index (χ1n) is 8.22. The summed E-state index contributed by atoms with van der Waals surface area (Å²) in [6.07, 6.45) is 0.786.